The van der Waals surface area contributed by atoms with E-state index in [4.69, 9.17) is 10.5 Å². The molecule has 2 heterocycles. The molecule has 0 saturated carbocycles. The van der Waals surface area contributed by atoms with Crippen LogP contribution in [-0.4, -0.2) is 38.9 Å². The van der Waals surface area contributed by atoms with Crippen LogP contribution < -0.4 is 20.9 Å². The van der Waals surface area contributed by atoms with Crippen LogP contribution in [0.3, 0.4) is 0 Å². The first-order valence-corrected chi connectivity index (χ1v) is 9.00. The largest absolute Gasteiger partial charge is 0.573 e. The second-order valence-corrected chi connectivity index (χ2v) is 6.47. The van der Waals surface area contributed by atoms with Crippen LogP contribution in [0.15, 0.2) is 53.3 Å². The smallest absolute Gasteiger partial charge is 0.495 e. The number of methoxy groups -OCH3 is 1. The number of primary amides is 1. The lowest BCUT2D eigenvalue weighted by atomic mass is 10.2. The molecule has 0 fully saturated rings. The number of carbonyl (C=O) groups excluding carboxylic acids is 1. The van der Waals surface area contributed by atoms with Crippen molar-refractivity contribution in [3.05, 3.63) is 64.7 Å². The van der Waals surface area contributed by atoms with E-state index in [1.807, 2.05) is 0 Å². The molecular formula is C20H14F3N5O4. The lowest BCUT2D eigenvalue weighted by Gasteiger charge is -2.11. The van der Waals surface area contributed by atoms with Crippen LogP contribution in [0.4, 0.5) is 13.2 Å². The zero-order valence-electron chi connectivity index (χ0n) is 16.3. The lowest BCUT2D eigenvalue weighted by Crippen LogP contribution is -2.17. The summed E-state index contributed by atoms with van der Waals surface area (Å²) in [4.78, 5) is 35.6. The van der Waals surface area contributed by atoms with Gasteiger partial charge < -0.3 is 20.2 Å². The van der Waals surface area contributed by atoms with Gasteiger partial charge in [0.05, 0.1) is 12.8 Å². The number of halogens is 3. The number of benzene rings is 2. The number of carbonyl (C=O) groups is 1. The minimum absolute atomic E-state index is 0.0135. The van der Waals surface area contributed by atoms with E-state index in [1.54, 1.807) is 24.3 Å². The third kappa shape index (κ3) is 3.85. The Morgan fingerprint density at radius 3 is 2.56 bits per heavy atom. The molecule has 4 rings (SSSR count). The second kappa shape index (κ2) is 7.72. The Morgan fingerprint density at radius 1 is 1.12 bits per heavy atom. The first kappa shape index (κ1) is 20.9. The van der Waals surface area contributed by atoms with Gasteiger partial charge >= 0.3 is 12.1 Å². The number of alkyl halides is 3. The fraction of sp³-hybridized carbons (Fsp3) is 0.100. The molecule has 0 atom stereocenters. The molecule has 12 heteroatoms. The van der Waals surface area contributed by atoms with Gasteiger partial charge in [0.2, 0.25) is 0 Å². The van der Waals surface area contributed by atoms with Crippen molar-refractivity contribution in [1.29, 1.82) is 0 Å². The highest BCUT2D eigenvalue weighted by atomic mass is 19.4. The number of aromatic nitrogens is 4. The van der Waals surface area contributed by atoms with Crippen molar-refractivity contribution in [1.82, 2.24) is 19.5 Å². The van der Waals surface area contributed by atoms with E-state index in [0.717, 1.165) is 16.7 Å². The fourth-order valence-electron chi connectivity index (χ4n) is 3.16. The summed E-state index contributed by atoms with van der Waals surface area (Å²) in [5, 5.41) is 0. The number of hydrogen-bond donors (Lipinski definition) is 2. The molecule has 164 valence electrons. The summed E-state index contributed by atoms with van der Waals surface area (Å²) in [6.07, 6.45) is -4.90. The van der Waals surface area contributed by atoms with Crippen LogP contribution >= 0.6 is 0 Å². The Balaban J connectivity index is 1.98. The second-order valence-electron chi connectivity index (χ2n) is 6.47. The number of amides is 1. The number of H-pyrrole nitrogens is 1. The Kier molecular flexibility index (Phi) is 5.04. The lowest BCUT2D eigenvalue weighted by molar-refractivity contribution is -0.274. The van der Waals surface area contributed by atoms with Gasteiger partial charge in [0.1, 0.15) is 17.0 Å². The topological polar surface area (TPSA) is 125 Å². The SMILES string of the molecule is COc1ccccc1-n1c(=O)[nH]c2c(C(N)=O)nc(-c3cccc(OC(F)(F)F)c3)nc21. The highest BCUT2D eigenvalue weighted by Gasteiger charge is 2.31. The normalized spacial score (nSPS) is 11.5. The first-order chi connectivity index (χ1) is 15.2. The van der Waals surface area contributed by atoms with Gasteiger partial charge in [-0.15, -0.1) is 13.2 Å². The van der Waals surface area contributed by atoms with Crippen molar-refractivity contribution >= 4 is 17.1 Å². The number of ether oxygens (including phenoxy) is 2. The number of aromatic amines is 1. The number of para-hydroxylation sites is 2. The monoisotopic (exact) mass is 445 g/mol. The maximum atomic E-state index is 12.7. The van der Waals surface area contributed by atoms with E-state index in [1.165, 1.54) is 19.2 Å². The van der Waals surface area contributed by atoms with Crippen molar-refractivity contribution in [2.45, 2.75) is 6.36 Å². The maximum absolute atomic E-state index is 12.7. The van der Waals surface area contributed by atoms with E-state index >= 15 is 0 Å². The summed E-state index contributed by atoms with van der Waals surface area (Å²) in [6, 6.07) is 11.5. The molecule has 0 saturated heterocycles. The Bertz CT molecular complexity index is 1390. The van der Waals surface area contributed by atoms with Crippen molar-refractivity contribution < 1.29 is 27.4 Å². The summed E-state index contributed by atoms with van der Waals surface area (Å²) in [5.74, 6) is -1.26. The number of fused-ring (bicyclic) bond motifs is 1. The molecule has 9 nitrogen and oxygen atoms in total. The molecule has 2 aromatic heterocycles. The average molecular weight is 445 g/mol. The molecule has 0 spiro atoms. The maximum Gasteiger partial charge on any atom is 0.573 e. The Hall–Kier alpha value is -4.35. The molecule has 1 amide bonds. The standard InChI is InChI=1S/C20H14F3N5O4/c1-31-13-8-3-2-7-12(13)28-18-15(26-19(28)30)14(16(24)29)25-17(27-18)10-5-4-6-11(9-10)32-20(21,22)23/h2-9H,1H3,(H2,24,29)(H,26,30). The van der Waals surface area contributed by atoms with E-state index in [-0.39, 0.29) is 28.2 Å². The zero-order valence-corrected chi connectivity index (χ0v) is 16.3. The molecule has 0 bridgehead atoms. The van der Waals surface area contributed by atoms with E-state index in [9.17, 15) is 22.8 Å². The van der Waals surface area contributed by atoms with Gasteiger partial charge in [-0.3, -0.25) is 4.79 Å². The molecule has 0 unspecified atom stereocenters. The molecule has 0 radical (unpaired) electrons. The minimum Gasteiger partial charge on any atom is -0.495 e. The number of rotatable bonds is 5. The third-order valence-corrected chi connectivity index (χ3v) is 4.42. The fourth-order valence-corrected chi connectivity index (χ4v) is 3.16. The van der Waals surface area contributed by atoms with Crippen molar-refractivity contribution in [2.75, 3.05) is 7.11 Å². The van der Waals surface area contributed by atoms with Crippen molar-refractivity contribution in [2.24, 2.45) is 5.73 Å². The molecule has 32 heavy (non-hydrogen) atoms. The predicted molar refractivity (Wildman–Crippen MR) is 107 cm³/mol. The van der Waals surface area contributed by atoms with Crippen LogP contribution in [0.1, 0.15) is 10.5 Å². The van der Waals surface area contributed by atoms with E-state index in [2.05, 4.69) is 19.7 Å². The van der Waals surface area contributed by atoms with E-state index in [0.29, 0.717) is 11.4 Å². The molecule has 0 aliphatic rings. The van der Waals surface area contributed by atoms with Gasteiger partial charge in [-0.05, 0) is 24.3 Å². The number of imidazole rings is 1. The van der Waals surface area contributed by atoms with Crippen LogP contribution in [-0.2, 0) is 0 Å². The first-order valence-electron chi connectivity index (χ1n) is 9.00. The molecule has 3 N–H and O–H groups in total. The van der Waals surface area contributed by atoms with Gasteiger partial charge in [-0.1, -0.05) is 24.3 Å². The summed E-state index contributed by atoms with van der Waals surface area (Å²) in [5.41, 5.74) is 4.87. The highest BCUT2D eigenvalue weighted by Crippen LogP contribution is 2.29. The minimum atomic E-state index is -4.90. The van der Waals surface area contributed by atoms with Crippen LogP contribution in [0.25, 0.3) is 28.2 Å². The number of nitrogens with two attached hydrogens (primary N) is 1. The van der Waals surface area contributed by atoms with Gasteiger partial charge in [0.25, 0.3) is 5.91 Å². The van der Waals surface area contributed by atoms with Crippen LogP contribution in [0.2, 0.25) is 0 Å². The van der Waals surface area contributed by atoms with Crippen molar-refractivity contribution in [3.8, 4) is 28.6 Å². The highest BCUT2D eigenvalue weighted by molar-refractivity contribution is 6.02. The van der Waals surface area contributed by atoms with Gasteiger partial charge in [-0.2, -0.15) is 0 Å². The summed E-state index contributed by atoms with van der Waals surface area (Å²) < 4.78 is 48.2. The quantitative estimate of drug-likeness (QED) is 0.487. The zero-order chi connectivity index (χ0) is 23.0. The van der Waals surface area contributed by atoms with Crippen molar-refractivity contribution in [3.63, 3.8) is 0 Å². The number of nitrogens with zero attached hydrogens (tertiary/aromatic N) is 3. The van der Waals surface area contributed by atoms with Gasteiger partial charge in [0, 0.05) is 5.56 Å². The van der Waals surface area contributed by atoms with Gasteiger partial charge in [-0.25, -0.2) is 19.3 Å². The Labute approximate surface area is 177 Å². The predicted octanol–water partition coefficient (Wildman–Crippen LogP) is 2.78. The van der Waals surface area contributed by atoms with E-state index < -0.39 is 23.7 Å². The van der Waals surface area contributed by atoms with Crippen LogP contribution in [0.5, 0.6) is 11.5 Å². The summed E-state index contributed by atoms with van der Waals surface area (Å²) >= 11 is 0. The molecular weight excluding hydrogens is 431 g/mol. The number of hydrogen-bond acceptors (Lipinski definition) is 6. The molecule has 0 aliphatic heterocycles. The third-order valence-electron chi connectivity index (χ3n) is 4.42. The summed E-state index contributed by atoms with van der Waals surface area (Å²) in [6.45, 7) is 0. The molecule has 0 aliphatic carbocycles. The molecule has 4 aromatic rings. The molecule has 2 aromatic carbocycles. The summed E-state index contributed by atoms with van der Waals surface area (Å²) in [7, 11) is 1.42. The van der Waals surface area contributed by atoms with Crippen LogP contribution in [0, 0.1) is 0 Å². The average Bonchev–Trinajstić information content (AvgIpc) is 3.07. The van der Waals surface area contributed by atoms with Gasteiger partial charge in [0.15, 0.2) is 17.2 Å². The Morgan fingerprint density at radius 2 is 1.88 bits per heavy atom. The number of nitrogens with one attached hydrogen (secondary N) is 1.